The highest BCUT2D eigenvalue weighted by Gasteiger charge is 2.29. The highest BCUT2D eigenvalue weighted by atomic mass is 19.2. The van der Waals surface area contributed by atoms with Gasteiger partial charge in [-0.1, -0.05) is 12.1 Å². The highest BCUT2D eigenvalue weighted by Crippen LogP contribution is 2.21. The number of carbonyl (C=O) groups is 1. The third-order valence-corrected chi connectivity index (χ3v) is 3.64. The van der Waals surface area contributed by atoms with Crippen LogP contribution in [0.25, 0.3) is 0 Å². The molecule has 2 amide bonds. The molecule has 1 saturated heterocycles. The van der Waals surface area contributed by atoms with Gasteiger partial charge in [-0.2, -0.15) is 0 Å². The lowest BCUT2D eigenvalue weighted by atomic mass is 10.1. The van der Waals surface area contributed by atoms with Crippen molar-refractivity contribution in [2.24, 2.45) is 0 Å². The number of halogens is 2. The lowest BCUT2D eigenvalue weighted by Gasteiger charge is -2.25. The van der Waals surface area contributed by atoms with E-state index in [1.807, 2.05) is 0 Å². The standard InChI is InChI=1S/C14H18F2N2O2/c1-9(11-5-2-6-12(15)13(11)16)17-14(20)18-7-3-4-10(18)8-19/h2,5-6,9-10,19H,3-4,7-8H2,1H3,(H,17,20). The average Bonchev–Trinajstić information content (AvgIpc) is 2.90. The number of carbonyl (C=O) groups excluding carboxylic acids is 1. The van der Waals surface area contributed by atoms with E-state index in [0.29, 0.717) is 6.54 Å². The summed E-state index contributed by atoms with van der Waals surface area (Å²) in [5, 5.41) is 11.8. The first-order chi connectivity index (χ1) is 9.54. The summed E-state index contributed by atoms with van der Waals surface area (Å²) in [5.74, 6) is -1.88. The second-order valence-corrected chi connectivity index (χ2v) is 4.99. The van der Waals surface area contributed by atoms with Crippen molar-refractivity contribution in [2.45, 2.75) is 31.8 Å². The van der Waals surface area contributed by atoms with E-state index in [9.17, 15) is 18.7 Å². The van der Waals surface area contributed by atoms with Crippen LogP contribution < -0.4 is 5.32 Å². The molecule has 0 radical (unpaired) electrons. The fourth-order valence-corrected chi connectivity index (χ4v) is 2.49. The maximum absolute atomic E-state index is 13.6. The molecule has 110 valence electrons. The molecule has 0 bridgehead atoms. The zero-order chi connectivity index (χ0) is 14.7. The van der Waals surface area contributed by atoms with Gasteiger partial charge in [0.15, 0.2) is 11.6 Å². The molecule has 1 fully saturated rings. The number of amides is 2. The second kappa shape index (κ2) is 6.17. The molecule has 0 aliphatic carbocycles. The number of urea groups is 1. The van der Waals surface area contributed by atoms with Crippen LogP contribution in [0.4, 0.5) is 13.6 Å². The maximum Gasteiger partial charge on any atom is 0.318 e. The number of aliphatic hydroxyl groups excluding tert-OH is 1. The second-order valence-electron chi connectivity index (χ2n) is 4.99. The third kappa shape index (κ3) is 2.90. The Labute approximate surface area is 116 Å². The molecule has 1 heterocycles. The van der Waals surface area contributed by atoms with E-state index in [1.54, 1.807) is 6.92 Å². The molecule has 2 unspecified atom stereocenters. The summed E-state index contributed by atoms with van der Waals surface area (Å²) < 4.78 is 26.8. The van der Waals surface area contributed by atoms with Gasteiger partial charge in [0.1, 0.15) is 0 Å². The fraction of sp³-hybridized carbons (Fsp3) is 0.500. The molecule has 1 aliphatic heterocycles. The minimum absolute atomic E-state index is 0.0872. The third-order valence-electron chi connectivity index (χ3n) is 3.64. The molecular weight excluding hydrogens is 266 g/mol. The predicted octanol–water partition coefficient (Wildman–Crippen LogP) is 2.19. The number of rotatable bonds is 3. The maximum atomic E-state index is 13.6. The number of nitrogens with one attached hydrogen (secondary N) is 1. The molecule has 1 aliphatic rings. The molecule has 2 N–H and O–H groups in total. The van der Waals surface area contributed by atoms with E-state index in [0.717, 1.165) is 18.9 Å². The molecule has 4 nitrogen and oxygen atoms in total. The lowest BCUT2D eigenvalue weighted by molar-refractivity contribution is 0.155. The topological polar surface area (TPSA) is 52.6 Å². The minimum Gasteiger partial charge on any atom is -0.394 e. The molecule has 1 aromatic rings. The van der Waals surface area contributed by atoms with Crippen LogP contribution in [0.1, 0.15) is 31.4 Å². The molecule has 0 spiro atoms. The van der Waals surface area contributed by atoms with E-state index in [-0.39, 0.29) is 24.2 Å². The Morgan fingerprint density at radius 1 is 1.55 bits per heavy atom. The molecular formula is C14H18F2N2O2. The molecule has 2 rings (SSSR count). The average molecular weight is 284 g/mol. The minimum atomic E-state index is -0.944. The van der Waals surface area contributed by atoms with Gasteiger partial charge in [0.25, 0.3) is 0 Å². The van der Waals surface area contributed by atoms with Gasteiger partial charge in [0.2, 0.25) is 0 Å². The number of nitrogens with zero attached hydrogens (tertiary/aromatic N) is 1. The Hall–Kier alpha value is -1.69. The molecule has 1 aromatic carbocycles. The summed E-state index contributed by atoms with van der Waals surface area (Å²) in [6.45, 7) is 2.07. The summed E-state index contributed by atoms with van der Waals surface area (Å²) in [6, 6.07) is 2.69. The zero-order valence-corrected chi connectivity index (χ0v) is 11.3. The quantitative estimate of drug-likeness (QED) is 0.894. The highest BCUT2D eigenvalue weighted by molar-refractivity contribution is 5.75. The first-order valence-corrected chi connectivity index (χ1v) is 6.66. The van der Waals surface area contributed by atoms with Crippen molar-refractivity contribution in [2.75, 3.05) is 13.2 Å². The Morgan fingerprint density at radius 3 is 3.00 bits per heavy atom. The van der Waals surface area contributed by atoms with Crippen LogP contribution in [0.15, 0.2) is 18.2 Å². The zero-order valence-electron chi connectivity index (χ0n) is 11.3. The molecule has 0 aromatic heterocycles. The Morgan fingerprint density at radius 2 is 2.30 bits per heavy atom. The Kier molecular flexibility index (Phi) is 4.54. The van der Waals surface area contributed by atoms with Crippen LogP contribution in [-0.2, 0) is 0 Å². The SMILES string of the molecule is CC(NC(=O)N1CCCC1CO)c1cccc(F)c1F. The first-order valence-electron chi connectivity index (χ1n) is 6.66. The van der Waals surface area contributed by atoms with Crippen molar-refractivity contribution in [3.63, 3.8) is 0 Å². The van der Waals surface area contributed by atoms with Crippen LogP contribution in [0.5, 0.6) is 0 Å². The van der Waals surface area contributed by atoms with Crippen molar-refractivity contribution in [1.29, 1.82) is 0 Å². The van der Waals surface area contributed by atoms with Crippen LogP contribution in [0, 0.1) is 11.6 Å². The Balaban J connectivity index is 2.05. The Bertz CT molecular complexity index is 496. The van der Waals surface area contributed by atoms with E-state index in [2.05, 4.69) is 5.32 Å². The van der Waals surface area contributed by atoms with Crippen LogP contribution >= 0.6 is 0 Å². The molecule has 20 heavy (non-hydrogen) atoms. The summed E-state index contributed by atoms with van der Waals surface area (Å²) in [4.78, 5) is 13.6. The van der Waals surface area contributed by atoms with Crippen molar-refractivity contribution in [1.82, 2.24) is 10.2 Å². The van der Waals surface area contributed by atoms with Crippen LogP contribution in [0.2, 0.25) is 0 Å². The summed E-state index contributed by atoms with van der Waals surface area (Å²) >= 11 is 0. The summed E-state index contributed by atoms with van der Waals surface area (Å²) in [7, 11) is 0. The van der Waals surface area contributed by atoms with Gasteiger partial charge >= 0.3 is 6.03 Å². The normalized spacial score (nSPS) is 20.0. The van der Waals surface area contributed by atoms with Gasteiger partial charge < -0.3 is 15.3 Å². The summed E-state index contributed by atoms with van der Waals surface area (Å²) in [5.41, 5.74) is 0.109. The van der Waals surface area contributed by atoms with E-state index >= 15 is 0 Å². The van der Waals surface area contributed by atoms with Crippen molar-refractivity contribution in [3.8, 4) is 0 Å². The summed E-state index contributed by atoms with van der Waals surface area (Å²) in [6.07, 6.45) is 1.59. The monoisotopic (exact) mass is 284 g/mol. The van der Waals surface area contributed by atoms with Crippen molar-refractivity contribution < 1.29 is 18.7 Å². The fourth-order valence-electron chi connectivity index (χ4n) is 2.49. The number of benzene rings is 1. The lowest BCUT2D eigenvalue weighted by Crippen LogP contribution is -2.45. The van der Waals surface area contributed by atoms with Crippen molar-refractivity contribution in [3.05, 3.63) is 35.4 Å². The van der Waals surface area contributed by atoms with Gasteiger partial charge in [-0.05, 0) is 25.8 Å². The first kappa shape index (κ1) is 14.7. The largest absolute Gasteiger partial charge is 0.394 e. The van der Waals surface area contributed by atoms with Gasteiger partial charge in [0.05, 0.1) is 18.7 Å². The van der Waals surface area contributed by atoms with Gasteiger partial charge in [-0.15, -0.1) is 0 Å². The van der Waals surface area contributed by atoms with E-state index in [4.69, 9.17) is 0 Å². The van der Waals surface area contributed by atoms with Gasteiger partial charge in [-0.3, -0.25) is 0 Å². The number of likely N-dealkylation sites (tertiary alicyclic amines) is 1. The smallest absolute Gasteiger partial charge is 0.318 e. The van der Waals surface area contributed by atoms with Gasteiger partial charge in [-0.25, -0.2) is 13.6 Å². The predicted molar refractivity (Wildman–Crippen MR) is 70.1 cm³/mol. The van der Waals surface area contributed by atoms with Gasteiger partial charge in [0, 0.05) is 12.1 Å². The van der Waals surface area contributed by atoms with Crippen LogP contribution in [-0.4, -0.2) is 35.2 Å². The number of hydrogen-bond donors (Lipinski definition) is 2. The number of hydrogen-bond acceptors (Lipinski definition) is 2. The number of aliphatic hydroxyl groups is 1. The molecule has 0 saturated carbocycles. The molecule has 2 atom stereocenters. The van der Waals surface area contributed by atoms with Crippen LogP contribution in [0.3, 0.4) is 0 Å². The van der Waals surface area contributed by atoms with E-state index < -0.39 is 17.7 Å². The van der Waals surface area contributed by atoms with E-state index in [1.165, 1.54) is 17.0 Å². The molecule has 6 heteroatoms. The van der Waals surface area contributed by atoms with Crippen molar-refractivity contribution >= 4 is 6.03 Å².